The Morgan fingerprint density at radius 3 is 2.56 bits per heavy atom. The van der Waals surface area contributed by atoms with E-state index in [9.17, 15) is 4.79 Å². The van der Waals surface area contributed by atoms with Gasteiger partial charge >= 0.3 is 0 Å². The number of carbonyl (C=O) groups is 1. The fraction of sp³-hybridized carbons (Fsp3) is 0.381. The molecule has 6 heteroatoms. The SMILES string of the molecule is Cc1cc(-c2ccnn2C)nc2ccc(CC(=O)N3CCN(C)CC3)cc12. The van der Waals surface area contributed by atoms with Crippen molar-refractivity contribution in [3.05, 3.63) is 47.7 Å². The molecule has 1 fully saturated rings. The van der Waals surface area contributed by atoms with Gasteiger partial charge in [0.25, 0.3) is 0 Å². The van der Waals surface area contributed by atoms with Gasteiger partial charge in [-0.1, -0.05) is 6.07 Å². The quantitative estimate of drug-likeness (QED) is 0.716. The van der Waals surface area contributed by atoms with E-state index in [1.807, 2.05) is 34.8 Å². The van der Waals surface area contributed by atoms with Crippen LogP contribution in [0.1, 0.15) is 11.1 Å². The first-order valence-corrected chi connectivity index (χ1v) is 9.36. The molecule has 3 heterocycles. The van der Waals surface area contributed by atoms with E-state index in [-0.39, 0.29) is 5.91 Å². The van der Waals surface area contributed by atoms with E-state index in [4.69, 9.17) is 4.98 Å². The van der Waals surface area contributed by atoms with Gasteiger partial charge in [-0.25, -0.2) is 4.98 Å². The van der Waals surface area contributed by atoms with Crippen LogP contribution in [0.15, 0.2) is 36.5 Å². The fourth-order valence-corrected chi connectivity index (χ4v) is 3.65. The van der Waals surface area contributed by atoms with Crippen molar-refractivity contribution < 1.29 is 4.79 Å². The molecular formula is C21H25N5O. The summed E-state index contributed by atoms with van der Waals surface area (Å²) in [5.41, 5.74) is 5.06. The van der Waals surface area contributed by atoms with Crippen molar-refractivity contribution >= 4 is 16.8 Å². The van der Waals surface area contributed by atoms with Crippen molar-refractivity contribution in [2.24, 2.45) is 7.05 Å². The van der Waals surface area contributed by atoms with Gasteiger partial charge in [-0.2, -0.15) is 5.10 Å². The minimum absolute atomic E-state index is 0.208. The van der Waals surface area contributed by atoms with Crippen LogP contribution in [0.25, 0.3) is 22.3 Å². The van der Waals surface area contributed by atoms with Gasteiger partial charge in [0.1, 0.15) is 0 Å². The Morgan fingerprint density at radius 2 is 1.85 bits per heavy atom. The number of likely N-dealkylation sites (N-methyl/N-ethyl adjacent to an activating group) is 1. The molecule has 0 bridgehead atoms. The lowest BCUT2D eigenvalue weighted by atomic mass is 10.0. The fourth-order valence-electron chi connectivity index (χ4n) is 3.65. The number of nitrogens with zero attached hydrogens (tertiary/aromatic N) is 5. The van der Waals surface area contributed by atoms with Crippen molar-refractivity contribution in [1.29, 1.82) is 0 Å². The molecule has 0 spiro atoms. The second-order valence-corrected chi connectivity index (χ2v) is 7.38. The molecule has 0 radical (unpaired) electrons. The van der Waals surface area contributed by atoms with Crippen LogP contribution in [0.4, 0.5) is 0 Å². The van der Waals surface area contributed by atoms with Crippen LogP contribution in [-0.2, 0) is 18.3 Å². The molecule has 0 atom stereocenters. The van der Waals surface area contributed by atoms with Gasteiger partial charge in [-0.3, -0.25) is 9.48 Å². The number of benzene rings is 1. The first kappa shape index (κ1) is 17.7. The number of pyridine rings is 1. The van der Waals surface area contributed by atoms with Crippen LogP contribution < -0.4 is 0 Å². The summed E-state index contributed by atoms with van der Waals surface area (Å²) in [5, 5.41) is 5.33. The number of piperazine rings is 1. The molecule has 6 nitrogen and oxygen atoms in total. The van der Waals surface area contributed by atoms with Crippen molar-refractivity contribution in [3.63, 3.8) is 0 Å². The van der Waals surface area contributed by atoms with E-state index in [0.717, 1.165) is 59.6 Å². The third kappa shape index (κ3) is 3.57. The third-order valence-corrected chi connectivity index (χ3v) is 5.37. The lowest BCUT2D eigenvalue weighted by Gasteiger charge is -2.32. The summed E-state index contributed by atoms with van der Waals surface area (Å²) in [5.74, 6) is 0.208. The Morgan fingerprint density at radius 1 is 1.07 bits per heavy atom. The summed E-state index contributed by atoms with van der Waals surface area (Å²) < 4.78 is 1.83. The van der Waals surface area contributed by atoms with Gasteiger partial charge < -0.3 is 9.80 Å². The lowest BCUT2D eigenvalue weighted by Crippen LogP contribution is -2.47. The molecule has 1 aliphatic rings. The van der Waals surface area contributed by atoms with Crippen molar-refractivity contribution in [2.75, 3.05) is 33.2 Å². The van der Waals surface area contributed by atoms with Crippen molar-refractivity contribution in [1.82, 2.24) is 24.6 Å². The summed E-state index contributed by atoms with van der Waals surface area (Å²) in [6.45, 7) is 5.62. The van der Waals surface area contributed by atoms with Gasteiger partial charge in [0.2, 0.25) is 5.91 Å². The number of carbonyl (C=O) groups excluding carboxylic acids is 1. The second kappa shape index (κ2) is 7.12. The van der Waals surface area contributed by atoms with Gasteiger partial charge in [0.15, 0.2) is 0 Å². The number of hydrogen-bond acceptors (Lipinski definition) is 4. The maximum absolute atomic E-state index is 12.6. The first-order chi connectivity index (χ1) is 13.0. The lowest BCUT2D eigenvalue weighted by molar-refractivity contribution is -0.132. The van der Waals surface area contributed by atoms with E-state index in [2.05, 4.69) is 36.1 Å². The average Bonchev–Trinajstić information content (AvgIpc) is 3.08. The highest BCUT2D eigenvalue weighted by atomic mass is 16.2. The minimum Gasteiger partial charge on any atom is -0.340 e. The highest BCUT2D eigenvalue weighted by Crippen LogP contribution is 2.25. The summed E-state index contributed by atoms with van der Waals surface area (Å²) in [6.07, 6.45) is 2.23. The molecule has 4 rings (SSSR count). The van der Waals surface area contributed by atoms with Gasteiger partial charge in [0.05, 0.1) is 23.3 Å². The molecule has 1 amide bonds. The summed E-state index contributed by atoms with van der Waals surface area (Å²) >= 11 is 0. The zero-order chi connectivity index (χ0) is 19.0. The number of amides is 1. The minimum atomic E-state index is 0.208. The van der Waals surface area contributed by atoms with Crippen LogP contribution in [0, 0.1) is 6.92 Å². The zero-order valence-electron chi connectivity index (χ0n) is 16.1. The van der Waals surface area contributed by atoms with Crippen LogP contribution >= 0.6 is 0 Å². The number of rotatable bonds is 3. The molecule has 27 heavy (non-hydrogen) atoms. The van der Waals surface area contributed by atoms with E-state index in [0.29, 0.717) is 6.42 Å². The highest BCUT2D eigenvalue weighted by molar-refractivity contribution is 5.87. The topological polar surface area (TPSA) is 54.3 Å². The van der Waals surface area contributed by atoms with Crippen molar-refractivity contribution in [2.45, 2.75) is 13.3 Å². The molecule has 0 saturated carbocycles. The Bertz CT molecular complexity index is 985. The summed E-state index contributed by atoms with van der Waals surface area (Å²) in [7, 11) is 4.02. The Kier molecular flexibility index (Phi) is 4.66. The van der Waals surface area contributed by atoms with E-state index >= 15 is 0 Å². The average molecular weight is 363 g/mol. The molecule has 0 N–H and O–H groups in total. The molecule has 2 aromatic heterocycles. The third-order valence-electron chi connectivity index (χ3n) is 5.37. The maximum atomic E-state index is 12.6. The number of aromatic nitrogens is 3. The second-order valence-electron chi connectivity index (χ2n) is 7.38. The monoisotopic (exact) mass is 363 g/mol. The largest absolute Gasteiger partial charge is 0.340 e. The van der Waals surface area contributed by atoms with E-state index in [1.54, 1.807) is 6.20 Å². The van der Waals surface area contributed by atoms with E-state index in [1.165, 1.54) is 0 Å². The maximum Gasteiger partial charge on any atom is 0.227 e. The predicted octanol–water partition coefficient (Wildman–Crippen LogP) is 2.26. The normalized spacial score (nSPS) is 15.4. The summed E-state index contributed by atoms with van der Waals surface area (Å²) in [4.78, 5) is 21.7. The van der Waals surface area contributed by atoms with Gasteiger partial charge in [0, 0.05) is 44.8 Å². The smallest absolute Gasteiger partial charge is 0.227 e. The van der Waals surface area contributed by atoms with Crippen LogP contribution in [0.5, 0.6) is 0 Å². The Labute approximate surface area is 159 Å². The molecule has 0 unspecified atom stereocenters. The number of fused-ring (bicyclic) bond motifs is 1. The van der Waals surface area contributed by atoms with Gasteiger partial charge in [-0.15, -0.1) is 0 Å². The van der Waals surface area contributed by atoms with Crippen molar-refractivity contribution in [3.8, 4) is 11.4 Å². The molecule has 140 valence electrons. The van der Waals surface area contributed by atoms with Gasteiger partial charge in [-0.05, 0) is 49.4 Å². The van der Waals surface area contributed by atoms with E-state index < -0.39 is 0 Å². The van der Waals surface area contributed by atoms with Crippen LogP contribution in [-0.4, -0.2) is 63.7 Å². The Balaban J connectivity index is 1.58. The Hall–Kier alpha value is -2.73. The zero-order valence-corrected chi connectivity index (χ0v) is 16.1. The van der Waals surface area contributed by atoms with Crippen LogP contribution in [0.3, 0.4) is 0 Å². The summed E-state index contributed by atoms with van der Waals surface area (Å²) in [6, 6.07) is 10.2. The molecule has 1 saturated heterocycles. The molecule has 1 aromatic carbocycles. The molecule has 3 aromatic rings. The van der Waals surface area contributed by atoms with Crippen LogP contribution in [0.2, 0.25) is 0 Å². The number of aryl methyl sites for hydroxylation is 2. The molecule has 1 aliphatic heterocycles. The highest BCUT2D eigenvalue weighted by Gasteiger charge is 2.19. The standard InChI is InChI=1S/C21H25N5O/c1-15-12-19(20-6-7-22-25(20)3)23-18-5-4-16(13-17(15)18)14-21(27)26-10-8-24(2)9-11-26/h4-7,12-13H,8-11,14H2,1-3H3. The molecular weight excluding hydrogens is 338 g/mol. The first-order valence-electron chi connectivity index (χ1n) is 9.36. The number of hydrogen-bond donors (Lipinski definition) is 0. The predicted molar refractivity (Wildman–Crippen MR) is 106 cm³/mol. The molecule has 0 aliphatic carbocycles.